The van der Waals surface area contributed by atoms with E-state index in [1.165, 1.54) is 24.7 Å². The van der Waals surface area contributed by atoms with Crippen LogP contribution in [0.4, 0.5) is 10.2 Å². The van der Waals surface area contributed by atoms with Crippen molar-refractivity contribution in [3.8, 4) is 11.5 Å². The molecule has 2 atom stereocenters. The summed E-state index contributed by atoms with van der Waals surface area (Å²) >= 11 is 0. The van der Waals surface area contributed by atoms with Gasteiger partial charge in [-0.2, -0.15) is 13.5 Å². The number of rotatable bonds is 11. The van der Waals surface area contributed by atoms with E-state index in [2.05, 4.69) is 20.4 Å². The molecule has 1 fully saturated rings. The van der Waals surface area contributed by atoms with Crippen LogP contribution in [0.2, 0.25) is 0 Å². The minimum Gasteiger partial charge on any atom is -0.457 e. The minimum absolute atomic E-state index is 0.0162. The van der Waals surface area contributed by atoms with E-state index < -0.39 is 10.3 Å². The molecule has 0 spiro atoms. The fourth-order valence-corrected chi connectivity index (χ4v) is 4.98. The van der Waals surface area contributed by atoms with Crippen LogP contribution in [0.15, 0.2) is 73.3 Å². The van der Waals surface area contributed by atoms with Gasteiger partial charge in [-0.15, -0.1) is 0 Å². The van der Waals surface area contributed by atoms with Gasteiger partial charge < -0.3 is 10.1 Å². The maximum absolute atomic E-state index is 13.3. The van der Waals surface area contributed by atoms with E-state index in [4.69, 9.17) is 14.1 Å². The van der Waals surface area contributed by atoms with Crippen molar-refractivity contribution in [2.75, 3.05) is 11.9 Å². The summed E-state index contributed by atoms with van der Waals surface area (Å²) in [6, 6.07) is 14.8. The molecule has 13 heteroatoms. The van der Waals surface area contributed by atoms with Crippen LogP contribution in [-0.2, 0) is 21.0 Å². The summed E-state index contributed by atoms with van der Waals surface area (Å²) in [5, 5.41) is 12.7. The summed E-state index contributed by atoms with van der Waals surface area (Å²) in [5.74, 6) is 0.850. The molecule has 2 heterocycles. The Labute approximate surface area is 230 Å². The van der Waals surface area contributed by atoms with Gasteiger partial charge in [0.25, 0.3) is 0 Å². The van der Waals surface area contributed by atoms with Crippen LogP contribution in [0.5, 0.6) is 11.5 Å². The zero-order valence-electron chi connectivity index (χ0n) is 21.3. The number of hydrogen-bond acceptors (Lipinski definition) is 9. The van der Waals surface area contributed by atoms with E-state index in [1.54, 1.807) is 35.1 Å². The highest BCUT2D eigenvalue weighted by Gasteiger charge is 2.28. The lowest BCUT2D eigenvalue weighted by molar-refractivity contribution is 0.103. The number of carbonyl (C=O) groups is 1. The standard InChI is InChI=1S/C27H27FN6O5S/c28-20-5-8-22(9-6-20)39-23-3-1-2-18(13-23)15-34-11-10-25(33-34)26(35)24-14-30-17-31-27(24)32-21-7-4-19(12-21)16-38-40(29,36)37/h1-3,5-6,8-11,13-14,17,19,21H,4,7,12,15-16H2,(H2,29,36,37)(H,30,31,32)/t19-,21+/m1/s1. The quantitative estimate of drug-likeness (QED) is 0.259. The first kappa shape index (κ1) is 27.4. The van der Waals surface area contributed by atoms with Crippen LogP contribution >= 0.6 is 0 Å². The number of ketones is 1. The van der Waals surface area contributed by atoms with Crippen molar-refractivity contribution >= 4 is 21.9 Å². The Kier molecular flexibility index (Phi) is 8.14. The molecule has 0 radical (unpaired) electrons. The average molecular weight is 567 g/mol. The fourth-order valence-electron chi connectivity index (χ4n) is 4.59. The van der Waals surface area contributed by atoms with Gasteiger partial charge in [-0.3, -0.25) is 13.7 Å². The van der Waals surface area contributed by atoms with Crippen molar-refractivity contribution in [1.29, 1.82) is 0 Å². The Balaban J connectivity index is 1.22. The Morgan fingerprint density at radius 3 is 2.75 bits per heavy atom. The summed E-state index contributed by atoms with van der Waals surface area (Å²) < 4.78 is 47.5. The summed E-state index contributed by atoms with van der Waals surface area (Å²) in [4.78, 5) is 21.6. The fraction of sp³-hybridized carbons (Fsp3) is 0.259. The molecule has 5 rings (SSSR count). The van der Waals surface area contributed by atoms with Gasteiger partial charge >= 0.3 is 10.3 Å². The molecule has 208 valence electrons. The third-order valence-corrected chi connectivity index (χ3v) is 6.94. The SMILES string of the molecule is NS(=O)(=O)OC[C@@H]1CC[C@H](Nc2ncncc2C(=O)c2ccn(Cc3cccc(Oc4ccc(F)cc4)c3)n2)C1. The van der Waals surface area contributed by atoms with Crippen molar-refractivity contribution in [3.63, 3.8) is 0 Å². The Morgan fingerprint density at radius 2 is 1.95 bits per heavy atom. The molecule has 0 unspecified atom stereocenters. The van der Waals surface area contributed by atoms with E-state index in [9.17, 15) is 17.6 Å². The molecule has 40 heavy (non-hydrogen) atoms. The Bertz CT molecular complexity index is 1590. The summed E-state index contributed by atoms with van der Waals surface area (Å²) in [5.41, 5.74) is 1.42. The number of nitrogens with two attached hydrogens (primary N) is 1. The molecule has 1 saturated carbocycles. The lowest BCUT2D eigenvalue weighted by Gasteiger charge is -2.15. The van der Waals surface area contributed by atoms with Crippen LogP contribution in [0, 0.1) is 11.7 Å². The van der Waals surface area contributed by atoms with Crippen molar-refractivity contribution in [2.45, 2.75) is 31.8 Å². The van der Waals surface area contributed by atoms with Crippen molar-refractivity contribution in [3.05, 3.63) is 96.0 Å². The number of nitrogens with one attached hydrogen (secondary N) is 1. The predicted octanol–water partition coefficient (Wildman–Crippen LogP) is 3.68. The second-order valence-electron chi connectivity index (χ2n) is 9.51. The number of ether oxygens (including phenoxy) is 1. The molecule has 0 aliphatic heterocycles. The monoisotopic (exact) mass is 566 g/mol. The third kappa shape index (κ3) is 7.25. The topological polar surface area (TPSA) is 151 Å². The second kappa shape index (κ2) is 11.9. The molecule has 2 aromatic carbocycles. The molecule has 11 nitrogen and oxygen atoms in total. The van der Waals surface area contributed by atoms with E-state index in [1.807, 2.05) is 18.2 Å². The van der Waals surface area contributed by atoms with Gasteiger partial charge in [0, 0.05) is 18.4 Å². The minimum atomic E-state index is -3.98. The van der Waals surface area contributed by atoms with Crippen LogP contribution in [0.25, 0.3) is 0 Å². The van der Waals surface area contributed by atoms with Crippen LogP contribution < -0.4 is 15.2 Å². The normalized spacial score (nSPS) is 17.1. The maximum Gasteiger partial charge on any atom is 0.333 e. The molecular formula is C27H27FN6O5S. The summed E-state index contributed by atoms with van der Waals surface area (Å²) in [6.45, 7) is 0.416. The highest BCUT2D eigenvalue weighted by atomic mass is 32.2. The van der Waals surface area contributed by atoms with Gasteiger partial charge in [0.15, 0.2) is 0 Å². The third-order valence-electron chi connectivity index (χ3n) is 6.47. The molecule has 1 aliphatic carbocycles. The number of hydrogen-bond donors (Lipinski definition) is 2. The Hall–Kier alpha value is -4.20. The number of benzene rings is 2. The van der Waals surface area contributed by atoms with Crippen LogP contribution in [0.3, 0.4) is 0 Å². The first-order chi connectivity index (χ1) is 19.2. The lowest BCUT2D eigenvalue weighted by atomic mass is 10.1. The molecular weight excluding hydrogens is 539 g/mol. The van der Waals surface area contributed by atoms with Crippen LogP contribution in [-0.4, -0.2) is 46.6 Å². The zero-order chi connectivity index (χ0) is 28.1. The number of carbonyl (C=O) groups excluding carboxylic acids is 1. The largest absolute Gasteiger partial charge is 0.457 e. The lowest BCUT2D eigenvalue weighted by Crippen LogP contribution is -2.22. The van der Waals surface area contributed by atoms with Crippen LogP contribution in [0.1, 0.15) is 40.9 Å². The molecule has 2 aromatic heterocycles. The van der Waals surface area contributed by atoms with E-state index in [0.717, 1.165) is 18.4 Å². The van der Waals surface area contributed by atoms with Gasteiger partial charge in [0.1, 0.15) is 35.2 Å². The van der Waals surface area contributed by atoms with Crippen molar-refractivity contribution < 1.29 is 26.5 Å². The zero-order valence-corrected chi connectivity index (χ0v) is 22.1. The smallest absolute Gasteiger partial charge is 0.333 e. The van der Waals surface area contributed by atoms with Crippen molar-refractivity contribution in [1.82, 2.24) is 19.7 Å². The maximum atomic E-state index is 13.3. The van der Waals surface area contributed by atoms with Gasteiger partial charge in [0.2, 0.25) is 5.78 Å². The highest BCUT2D eigenvalue weighted by Crippen LogP contribution is 2.29. The van der Waals surface area contributed by atoms with Gasteiger partial charge in [-0.25, -0.2) is 19.5 Å². The van der Waals surface area contributed by atoms with Gasteiger partial charge in [0.05, 0.1) is 18.7 Å². The summed E-state index contributed by atoms with van der Waals surface area (Å²) in [6.07, 6.45) is 6.67. The number of aromatic nitrogens is 4. The number of nitrogens with zero attached hydrogens (tertiary/aromatic N) is 4. The number of anilines is 1. The molecule has 3 N–H and O–H groups in total. The average Bonchev–Trinajstić information content (AvgIpc) is 3.58. The van der Waals surface area contributed by atoms with E-state index in [-0.39, 0.29) is 41.4 Å². The number of halogens is 1. The Morgan fingerprint density at radius 1 is 1.12 bits per heavy atom. The molecule has 0 amide bonds. The first-order valence-electron chi connectivity index (χ1n) is 12.6. The highest BCUT2D eigenvalue weighted by molar-refractivity contribution is 7.84. The predicted molar refractivity (Wildman–Crippen MR) is 144 cm³/mol. The molecule has 0 bridgehead atoms. The van der Waals surface area contributed by atoms with E-state index >= 15 is 0 Å². The van der Waals surface area contributed by atoms with Gasteiger partial charge in [-0.05, 0) is 73.2 Å². The molecule has 4 aromatic rings. The molecule has 1 aliphatic rings. The second-order valence-corrected chi connectivity index (χ2v) is 10.7. The first-order valence-corrected chi connectivity index (χ1v) is 14.0. The van der Waals surface area contributed by atoms with E-state index in [0.29, 0.717) is 30.3 Å². The van der Waals surface area contributed by atoms with Gasteiger partial charge in [-0.1, -0.05) is 12.1 Å². The van der Waals surface area contributed by atoms with Crippen molar-refractivity contribution in [2.24, 2.45) is 11.1 Å². The summed E-state index contributed by atoms with van der Waals surface area (Å²) in [7, 11) is -3.98. The molecule has 0 saturated heterocycles.